The number of likely N-dealkylation sites (N-methyl/N-ethyl adjacent to an activating group) is 2. The number of hydrogen-bond donors (Lipinski definition) is 2. The maximum absolute atomic E-state index is 2.36. The van der Waals surface area contributed by atoms with Gasteiger partial charge in [-0.05, 0) is 19.3 Å². The molecule has 1 unspecified atom stereocenters. The van der Waals surface area contributed by atoms with Gasteiger partial charge in [0.1, 0.15) is 13.1 Å². The predicted molar refractivity (Wildman–Crippen MR) is 60.8 cm³/mol. The highest BCUT2D eigenvalue weighted by Crippen LogP contribution is 2.15. The summed E-state index contributed by atoms with van der Waals surface area (Å²) in [6.07, 6.45) is 8.71. The molecule has 0 aliphatic heterocycles. The number of nitrogens with one attached hydrogen (secondary N) is 2. The molecule has 2 heteroatoms. The van der Waals surface area contributed by atoms with Crippen molar-refractivity contribution in [1.82, 2.24) is 0 Å². The highest BCUT2D eigenvalue weighted by Gasteiger charge is 2.15. The van der Waals surface area contributed by atoms with Gasteiger partial charge in [0.2, 0.25) is 0 Å². The molecule has 0 saturated carbocycles. The van der Waals surface area contributed by atoms with Gasteiger partial charge < -0.3 is 9.80 Å². The molecule has 0 spiro atoms. The summed E-state index contributed by atoms with van der Waals surface area (Å²) >= 11 is 0. The van der Waals surface area contributed by atoms with E-state index in [0.717, 1.165) is 5.92 Å². The second-order valence-corrected chi connectivity index (χ2v) is 5.02. The Morgan fingerprint density at radius 1 is 1.14 bits per heavy atom. The summed E-state index contributed by atoms with van der Waals surface area (Å²) in [5, 5.41) is 0. The molecular weight excluding hydrogens is 172 g/mol. The average molecular weight is 198 g/mol. The van der Waals surface area contributed by atoms with Crippen LogP contribution in [0.25, 0.3) is 0 Å². The van der Waals surface area contributed by atoms with Crippen molar-refractivity contribution in [3.05, 3.63) is 12.2 Å². The van der Waals surface area contributed by atoms with Crippen LogP contribution in [0.5, 0.6) is 0 Å². The van der Waals surface area contributed by atoms with Crippen LogP contribution in [0, 0.1) is 5.92 Å². The van der Waals surface area contributed by atoms with Crippen LogP contribution < -0.4 is 9.80 Å². The molecule has 0 heterocycles. The Hall–Kier alpha value is -0.340. The van der Waals surface area contributed by atoms with Crippen molar-refractivity contribution in [2.24, 2.45) is 5.92 Å². The van der Waals surface area contributed by atoms with Crippen molar-refractivity contribution in [1.29, 1.82) is 0 Å². The van der Waals surface area contributed by atoms with Gasteiger partial charge in [-0.25, -0.2) is 0 Å². The Morgan fingerprint density at radius 2 is 1.93 bits per heavy atom. The Labute approximate surface area is 88.6 Å². The molecule has 2 atom stereocenters. The standard InChI is InChI=1S/C12H24N2/c1-13(2)9-10-14(3)11-12-7-5-4-6-8-12/h4-5,12H,6-11H2,1-3H3/p+2/t12-/m1/s1. The molecule has 82 valence electrons. The van der Waals surface area contributed by atoms with Crippen molar-refractivity contribution in [3.63, 3.8) is 0 Å². The van der Waals surface area contributed by atoms with Gasteiger partial charge >= 0.3 is 0 Å². The fraction of sp³-hybridized carbons (Fsp3) is 0.833. The van der Waals surface area contributed by atoms with Gasteiger partial charge in [0.05, 0.1) is 27.7 Å². The molecule has 0 radical (unpaired) electrons. The maximum Gasteiger partial charge on any atom is 0.127 e. The number of quaternary nitrogens is 2. The van der Waals surface area contributed by atoms with E-state index < -0.39 is 0 Å². The van der Waals surface area contributed by atoms with Crippen LogP contribution in [0.15, 0.2) is 12.2 Å². The monoisotopic (exact) mass is 198 g/mol. The first kappa shape index (κ1) is 11.7. The minimum absolute atomic E-state index is 0.942. The maximum atomic E-state index is 2.36. The summed E-state index contributed by atoms with van der Waals surface area (Å²) in [7, 11) is 6.80. The van der Waals surface area contributed by atoms with E-state index >= 15 is 0 Å². The van der Waals surface area contributed by atoms with Crippen molar-refractivity contribution in [3.8, 4) is 0 Å². The van der Waals surface area contributed by atoms with Gasteiger partial charge in [-0.2, -0.15) is 0 Å². The van der Waals surface area contributed by atoms with E-state index in [-0.39, 0.29) is 0 Å². The average Bonchev–Trinajstić information content (AvgIpc) is 2.16. The summed E-state index contributed by atoms with van der Waals surface area (Å²) in [6, 6.07) is 0. The molecule has 0 bridgehead atoms. The lowest BCUT2D eigenvalue weighted by atomic mass is 9.94. The topological polar surface area (TPSA) is 8.88 Å². The van der Waals surface area contributed by atoms with Gasteiger partial charge in [-0.15, -0.1) is 0 Å². The highest BCUT2D eigenvalue weighted by atomic mass is 15.1. The largest absolute Gasteiger partial charge is 0.335 e. The fourth-order valence-corrected chi connectivity index (χ4v) is 2.10. The molecule has 2 N–H and O–H groups in total. The lowest BCUT2D eigenvalue weighted by molar-refractivity contribution is -0.931. The molecule has 0 amide bonds. The highest BCUT2D eigenvalue weighted by molar-refractivity contribution is 4.89. The molecular formula is C12H26N2+2. The minimum atomic E-state index is 0.942. The van der Waals surface area contributed by atoms with Crippen LogP contribution in [-0.4, -0.2) is 40.8 Å². The zero-order chi connectivity index (χ0) is 10.4. The third kappa shape index (κ3) is 4.77. The van der Waals surface area contributed by atoms with E-state index in [1.807, 2.05) is 0 Å². The van der Waals surface area contributed by atoms with E-state index in [4.69, 9.17) is 0 Å². The van der Waals surface area contributed by atoms with Crippen molar-refractivity contribution < 1.29 is 9.80 Å². The summed E-state index contributed by atoms with van der Waals surface area (Å²) in [5.74, 6) is 0.942. The van der Waals surface area contributed by atoms with E-state index in [9.17, 15) is 0 Å². The van der Waals surface area contributed by atoms with Crippen LogP contribution in [0.4, 0.5) is 0 Å². The number of allylic oxidation sites excluding steroid dienone is 2. The van der Waals surface area contributed by atoms with E-state index in [1.165, 1.54) is 38.9 Å². The van der Waals surface area contributed by atoms with Gasteiger partial charge in [0, 0.05) is 5.92 Å². The lowest BCUT2D eigenvalue weighted by Crippen LogP contribution is -3.16. The normalized spacial score (nSPS) is 24.1. The molecule has 0 aromatic carbocycles. The Balaban J connectivity index is 2.12. The Bertz CT molecular complexity index is 175. The first-order chi connectivity index (χ1) is 6.68. The van der Waals surface area contributed by atoms with E-state index in [0.29, 0.717) is 0 Å². The first-order valence-corrected chi connectivity index (χ1v) is 5.94. The molecule has 1 aliphatic rings. The van der Waals surface area contributed by atoms with Crippen LogP contribution in [0.1, 0.15) is 19.3 Å². The summed E-state index contributed by atoms with van der Waals surface area (Å²) in [6.45, 7) is 3.95. The minimum Gasteiger partial charge on any atom is -0.335 e. The SMILES string of the molecule is C[NH+](C)CC[NH+](C)C[C@@H]1CC=CCC1. The molecule has 1 aliphatic carbocycles. The van der Waals surface area contributed by atoms with Crippen molar-refractivity contribution in [2.45, 2.75) is 19.3 Å². The van der Waals surface area contributed by atoms with Crippen molar-refractivity contribution in [2.75, 3.05) is 40.8 Å². The van der Waals surface area contributed by atoms with Crippen LogP contribution in [0.2, 0.25) is 0 Å². The lowest BCUT2D eigenvalue weighted by Gasteiger charge is -2.22. The predicted octanol–water partition coefficient (Wildman–Crippen LogP) is -0.998. The fourth-order valence-electron chi connectivity index (χ4n) is 2.10. The van der Waals surface area contributed by atoms with Crippen molar-refractivity contribution >= 4 is 0 Å². The number of rotatable bonds is 5. The molecule has 14 heavy (non-hydrogen) atoms. The van der Waals surface area contributed by atoms with Crippen LogP contribution in [-0.2, 0) is 0 Å². The smallest absolute Gasteiger partial charge is 0.127 e. The molecule has 0 fully saturated rings. The first-order valence-electron chi connectivity index (χ1n) is 5.94. The van der Waals surface area contributed by atoms with Crippen LogP contribution >= 0.6 is 0 Å². The van der Waals surface area contributed by atoms with Gasteiger partial charge in [-0.3, -0.25) is 0 Å². The zero-order valence-corrected chi connectivity index (χ0v) is 9.97. The zero-order valence-electron chi connectivity index (χ0n) is 9.97. The van der Waals surface area contributed by atoms with Crippen LogP contribution in [0.3, 0.4) is 0 Å². The van der Waals surface area contributed by atoms with Gasteiger partial charge in [0.25, 0.3) is 0 Å². The van der Waals surface area contributed by atoms with E-state index in [2.05, 4.69) is 33.3 Å². The molecule has 2 nitrogen and oxygen atoms in total. The number of hydrogen-bond acceptors (Lipinski definition) is 0. The van der Waals surface area contributed by atoms with E-state index in [1.54, 1.807) is 9.80 Å². The van der Waals surface area contributed by atoms with Gasteiger partial charge in [0.15, 0.2) is 0 Å². The molecule has 0 saturated heterocycles. The van der Waals surface area contributed by atoms with Gasteiger partial charge in [-0.1, -0.05) is 12.2 Å². The third-order valence-corrected chi connectivity index (χ3v) is 3.07. The summed E-state index contributed by atoms with van der Waals surface area (Å²) < 4.78 is 0. The molecule has 1 rings (SSSR count). The summed E-state index contributed by atoms with van der Waals surface area (Å²) in [4.78, 5) is 3.26. The second-order valence-electron chi connectivity index (χ2n) is 5.02. The Kier molecular flexibility index (Phi) is 5.20. The summed E-state index contributed by atoms with van der Waals surface area (Å²) in [5.41, 5.74) is 0. The molecule has 0 aromatic rings. The quantitative estimate of drug-likeness (QED) is 0.525. The Morgan fingerprint density at radius 3 is 2.50 bits per heavy atom. The molecule has 0 aromatic heterocycles. The second kappa shape index (κ2) is 6.20. The third-order valence-electron chi connectivity index (χ3n) is 3.07.